The molecule has 1 saturated carbocycles. The molecule has 0 spiro atoms. The molecule has 1 aliphatic rings. The highest BCUT2D eigenvalue weighted by atomic mass is 35.7. The maximum Gasteiger partial charge on any atom is 0.232 e. The molecule has 0 radical (unpaired) electrons. The average molecular weight is 283 g/mol. The maximum absolute atomic E-state index is 10.8. The fourth-order valence-corrected chi connectivity index (χ4v) is 3.11. The molecule has 5 heteroatoms. The Labute approximate surface area is 109 Å². The first kappa shape index (κ1) is 15.3. The fourth-order valence-electron chi connectivity index (χ4n) is 2.15. The molecule has 0 amide bonds. The van der Waals surface area contributed by atoms with Crippen LogP contribution in [-0.4, -0.2) is 26.9 Å². The second-order valence-corrected chi connectivity index (χ2v) is 7.95. The molecule has 0 heterocycles. The van der Waals surface area contributed by atoms with Gasteiger partial charge in [0.2, 0.25) is 9.05 Å². The van der Waals surface area contributed by atoms with Crippen molar-refractivity contribution in [2.45, 2.75) is 58.0 Å². The first-order chi connectivity index (χ1) is 7.97. The van der Waals surface area contributed by atoms with E-state index in [4.69, 9.17) is 15.4 Å². The smallest absolute Gasteiger partial charge is 0.232 e. The zero-order chi connectivity index (χ0) is 12.7. The minimum atomic E-state index is -3.33. The van der Waals surface area contributed by atoms with Gasteiger partial charge in [0.15, 0.2) is 0 Å². The largest absolute Gasteiger partial charge is 0.378 e. The van der Waals surface area contributed by atoms with Crippen LogP contribution in [0.5, 0.6) is 0 Å². The molecule has 0 aliphatic heterocycles. The summed E-state index contributed by atoms with van der Waals surface area (Å²) in [5.74, 6) is 0.422. The summed E-state index contributed by atoms with van der Waals surface area (Å²) < 4.78 is 27.4. The van der Waals surface area contributed by atoms with Crippen LogP contribution in [-0.2, 0) is 13.8 Å². The Kier molecular flexibility index (Phi) is 6.82. The van der Waals surface area contributed by atoms with Crippen LogP contribution in [0.2, 0.25) is 0 Å². The van der Waals surface area contributed by atoms with Gasteiger partial charge in [-0.25, -0.2) is 8.42 Å². The summed E-state index contributed by atoms with van der Waals surface area (Å²) in [6.45, 7) is 2.79. The Morgan fingerprint density at radius 3 is 2.47 bits per heavy atom. The van der Waals surface area contributed by atoms with Crippen molar-refractivity contribution >= 4 is 19.7 Å². The highest BCUT2D eigenvalue weighted by Gasteiger charge is 2.14. The van der Waals surface area contributed by atoms with Gasteiger partial charge in [0.25, 0.3) is 0 Å². The summed E-state index contributed by atoms with van der Waals surface area (Å²) in [5.41, 5.74) is 0. The number of halogens is 1. The van der Waals surface area contributed by atoms with Crippen molar-refractivity contribution in [3.8, 4) is 0 Å². The third-order valence-corrected chi connectivity index (χ3v) is 4.56. The van der Waals surface area contributed by atoms with Gasteiger partial charge in [-0.1, -0.05) is 26.2 Å². The molecule has 3 nitrogen and oxygen atoms in total. The molecule has 0 aromatic carbocycles. The van der Waals surface area contributed by atoms with E-state index in [1.54, 1.807) is 0 Å². The lowest BCUT2D eigenvalue weighted by Gasteiger charge is -2.22. The van der Waals surface area contributed by atoms with Gasteiger partial charge < -0.3 is 4.74 Å². The van der Waals surface area contributed by atoms with E-state index < -0.39 is 9.05 Å². The van der Waals surface area contributed by atoms with E-state index in [1.165, 1.54) is 32.1 Å². The standard InChI is InChI=1S/C12H23ClO3S/c1-11(8-10-17(13,14)15)7-9-16-12-5-3-2-4-6-12/h11-12H,2-10H2,1H3. The Bertz CT molecular complexity index is 297. The van der Waals surface area contributed by atoms with E-state index in [-0.39, 0.29) is 5.75 Å². The van der Waals surface area contributed by atoms with E-state index >= 15 is 0 Å². The van der Waals surface area contributed by atoms with Crippen LogP contribution in [0.1, 0.15) is 51.9 Å². The van der Waals surface area contributed by atoms with Crippen molar-refractivity contribution in [1.82, 2.24) is 0 Å². The van der Waals surface area contributed by atoms with E-state index in [0.717, 1.165) is 13.0 Å². The van der Waals surface area contributed by atoms with E-state index in [2.05, 4.69) is 0 Å². The molecule has 17 heavy (non-hydrogen) atoms. The lowest BCUT2D eigenvalue weighted by atomic mass is 9.98. The minimum absolute atomic E-state index is 0.0686. The lowest BCUT2D eigenvalue weighted by Crippen LogP contribution is -2.18. The van der Waals surface area contributed by atoms with Gasteiger partial charge in [-0.05, 0) is 31.6 Å². The predicted octanol–water partition coefficient (Wildman–Crippen LogP) is 3.32. The van der Waals surface area contributed by atoms with Gasteiger partial charge in [-0.3, -0.25) is 0 Å². The average Bonchev–Trinajstić information content (AvgIpc) is 2.27. The summed E-state index contributed by atoms with van der Waals surface area (Å²) in [7, 11) is 1.84. The zero-order valence-electron chi connectivity index (χ0n) is 10.5. The molecule has 0 N–H and O–H groups in total. The highest BCUT2D eigenvalue weighted by molar-refractivity contribution is 8.13. The highest BCUT2D eigenvalue weighted by Crippen LogP contribution is 2.21. The molecule has 1 aliphatic carbocycles. The van der Waals surface area contributed by atoms with Gasteiger partial charge >= 0.3 is 0 Å². The quantitative estimate of drug-likeness (QED) is 0.673. The van der Waals surface area contributed by atoms with Crippen LogP contribution in [0, 0.1) is 5.92 Å². The van der Waals surface area contributed by atoms with Gasteiger partial charge in [0.05, 0.1) is 11.9 Å². The Balaban J connectivity index is 2.05. The Morgan fingerprint density at radius 2 is 1.88 bits per heavy atom. The third kappa shape index (κ3) is 8.01. The van der Waals surface area contributed by atoms with Crippen molar-refractivity contribution in [1.29, 1.82) is 0 Å². The van der Waals surface area contributed by atoms with Crippen LogP contribution in [0.15, 0.2) is 0 Å². The molecule has 0 aromatic rings. The molecule has 1 fully saturated rings. The number of ether oxygens (including phenoxy) is 1. The first-order valence-electron chi connectivity index (χ1n) is 6.51. The second kappa shape index (κ2) is 7.59. The number of hydrogen-bond donors (Lipinski definition) is 0. The third-order valence-electron chi connectivity index (χ3n) is 3.37. The van der Waals surface area contributed by atoms with Crippen molar-refractivity contribution in [3.05, 3.63) is 0 Å². The first-order valence-corrected chi connectivity index (χ1v) is 8.99. The Morgan fingerprint density at radius 1 is 1.24 bits per heavy atom. The van der Waals surface area contributed by atoms with E-state index in [0.29, 0.717) is 18.4 Å². The Hall–Kier alpha value is 0.200. The van der Waals surface area contributed by atoms with Gasteiger partial charge in [-0.2, -0.15) is 0 Å². The number of hydrogen-bond acceptors (Lipinski definition) is 3. The van der Waals surface area contributed by atoms with Gasteiger partial charge in [-0.15, -0.1) is 0 Å². The molecule has 0 saturated heterocycles. The zero-order valence-corrected chi connectivity index (χ0v) is 12.1. The second-order valence-electron chi connectivity index (χ2n) is 5.06. The van der Waals surface area contributed by atoms with Crippen molar-refractivity contribution in [2.24, 2.45) is 5.92 Å². The van der Waals surface area contributed by atoms with Crippen LogP contribution in [0.3, 0.4) is 0 Å². The summed E-state index contributed by atoms with van der Waals surface area (Å²) in [4.78, 5) is 0. The van der Waals surface area contributed by atoms with Crippen molar-refractivity contribution < 1.29 is 13.2 Å². The van der Waals surface area contributed by atoms with Gasteiger partial charge in [0.1, 0.15) is 0 Å². The van der Waals surface area contributed by atoms with Crippen LogP contribution in [0.25, 0.3) is 0 Å². The molecule has 1 rings (SSSR count). The maximum atomic E-state index is 10.8. The fraction of sp³-hybridized carbons (Fsp3) is 1.00. The topological polar surface area (TPSA) is 43.4 Å². The monoisotopic (exact) mass is 282 g/mol. The molecule has 102 valence electrons. The molecule has 1 unspecified atom stereocenters. The van der Waals surface area contributed by atoms with Crippen LogP contribution < -0.4 is 0 Å². The number of rotatable bonds is 7. The van der Waals surface area contributed by atoms with E-state index in [1.807, 2.05) is 6.92 Å². The molecule has 0 bridgehead atoms. The predicted molar refractivity (Wildman–Crippen MR) is 70.9 cm³/mol. The molecular weight excluding hydrogens is 260 g/mol. The molecular formula is C12H23ClO3S. The minimum Gasteiger partial charge on any atom is -0.378 e. The van der Waals surface area contributed by atoms with E-state index in [9.17, 15) is 8.42 Å². The van der Waals surface area contributed by atoms with Crippen LogP contribution >= 0.6 is 10.7 Å². The van der Waals surface area contributed by atoms with Crippen molar-refractivity contribution in [3.63, 3.8) is 0 Å². The van der Waals surface area contributed by atoms with Gasteiger partial charge in [0, 0.05) is 17.3 Å². The molecule has 1 atom stereocenters. The SMILES string of the molecule is CC(CCOC1CCCCC1)CCS(=O)(=O)Cl. The van der Waals surface area contributed by atoms with Crippen molar-refractivity contribution in [2.75, 3.05) is 12.4 Å². The lowest BCUT2D eigenvalue weighted by molar-refractivity contribution is 0.0220. The normalized spacial score (nSPS) is 20.4. The van der Waals surface area contributed by atoms with Crippen LogP contribution in [0.4, 0.5) is 0 Å². The summed E-state index contributed by atoms with van der Waals surface area (Å²) in [6.07, 6.45) is 8.25. The summed E-state index contributed by atoms with van der Waals surface area (Å²) in [5, 5.41) is 0. The summed E-state index contributed by atoms with van der Waals surface area (Å²) >= 11 is 0. The summed E-state index contributed by atoms with van der Waals surface area (Å²) in [6, 6.07) is 0. The molecule has 0 aromatic heterocycles.